The van der Waals surface area contributed by atoms with Gasteiger partial charge in [-0.1, -0.05) is 6.07 Å². The number of rotatable bonds is 3. The van der Waals surface area contributed by atoms with E-state index in [0.717, 1.165) is 11.9 Å². The van der Waals surface area contributed by atoms with E-state index in [1.165, 1.54) is 10.9 Å². The number of carbonyl (C=O) groups excluding carboxylic acids is 1. The number of aromatic nitrogens is 1. The highest BCUT2D eigenvalue weighted by Crippen LogP contribution is 2.14. The molecular formula is C15H20N2O2. The van der Waals surface area contributed by atoms with Crippen molar-refractivity contribution in [2.75, 3.05) is 6.54 Å². The number of carbonyl (C=O) groups is 1. The van der Waals surface area contributed by atoms with Gasteiger partial charge in [0.2, 0.25) is 0 Å². The summed E-state index contributed by atoms with van der Waals surface area (Å²) in [6.45, 7) is 6.14. The lowest BCUT2D eigenvalue weighted by molar-refractivity contribution is 0.0528. The Bertz CT molecular complexity index is 567. The fourth-order valence-corrected chi connectivity index (χ4v) is 1.88. The van der Waals surface area contributed by atoms with Crippen molar-refractivity contribution in [1.82, 2.24) is 10.3 Å². The van der Waals surface area contributed by atoms with E-state index in [2.05, 4.69) is 28.5 Å². The number of nitrogens with one attached hydrogen (secondary N) is 2. The first-order valence-electron chi connectivity index (χ1n) is 6.47. The Labute approximate surface area is 113 Å². The Kier molecular flexibility index (Phi) is 3.79. The van der Waals surface area contributed by atoms with E-state index in [1.807, 2.05) is 33.0 Å². The van der Waals surface area contributed by atoms with Crippen molar-refractivity contribution in [3.63, 3.8) is 0 Å². The topological polar surface area (TPSA) is 54.1 Å². The maximum absolute atomic E-state index is 11.5. The molecule has 0 saturated carbocycles. The summed E-state index contributed by atoms with van der Waals surface area (Å²) in [5.74, 6) is 0. The van der Waals surface area contributed by atoms with Gasteiger partial charge in [-0.15, -0.1) is 0 Å². The molecule has 19 heavy (non-hydrogen) atoms. The Balaban J connectivity index is 1.83. The van der Waals surface area contributed by atoms with Crippen LogP contribution < -0.4 is 5.32 Å². The molecule has 1 aromatic heterocycles. The largest absolute Gasteiger partial charge is 0.444 e. The fourth-order valence-electron chi connectivity index (χ4n) is 1.88. The summed E-state index contributed by atoms with van der Waals surface area (Å²) in [7, 11) is 0. The van der Waals surface area contributed by atoms with Crippen LogP contribution in [0.25, 0.3) is 10.9 Å². The average molecular weight is 260 g/mol. The van der Waals surface area contributed by atoms with Crippen molar-refractivity contribution in [3.05, 3.63) is 36.0 Å². The number of hydrogen-bond acceptors (Lipinski definition) is 2. The number of alkyl carbamates (subject to hydrolysis) is 1. The van der Waals surface area contributed by atoms with Gasteiger partial charge in [-0.25, -0.2) is 4.79 Å². The molecule has 0 spiro atoms. The van der Waals surface area contributed by atoms with Gasteiger partial charge in [-0.05, 0) is 56.3 Å². The van der Waals surface area contributed by atoms with Crippen LogP contribution in [0.1, 0.15) is 26.3 Å². The van der Waals surface area contributed by atoms with E-state index in [0.29, 0.717) is 6.54 Å². The Morgan fingerprint density at radius 1 is 1.32 bits per heavy atom. The van der Waals surface area contributed by atoms with Gasteiger partial charge in [0.05, 0.1) is 0 Å². The predicted molar refractivity (Wildman–Crippen MR) is 76.2 cm³/mol. The van der Waals surface area contributed by atoms with E-state index >= 15 is 0 Å². The van der Waals surface area contributed by atoms with Crippen LogP contribution in [-0.4, -0.2) is 23.2 Å². The van der Waals surface area contributed by atoms with Gasteiger partial charge in [0.25, 0.3) is 0 Å². The summed E-state index contributed by atoms with van der Waals surface area (Å²) in [5, 5.41) is 3.95. The van der Waals surface area contributed by atoms with Gasteiger partial charge in [0.1, 0.15) is 5.60 Å². The van der Waals surface area contributed by atoms with Gasteiger partial charge in [-0.2, -0.15) is 0 Å². The van der Waals surface area contributed by atoms with Crippen LogP contribution in [-0.2, 0) is 11.2 Å². The highest BCUT2D eigenvalue weighted by molar-refractivity contribution is 5.79. The summed E-state index contributed by atoms with van der Waals surface area (Å²) in [4.78, 5) is 14.6. The van der Waals surface area contributed by atoms with Crippen LogP contribution in [0, 0.1) is 0 Å². The minimum Gasteiger partial charge on any atom is -0.444 e. The van der Waals surface area contributed by atoms with Crippen molar-refractivity contribution in [2.45, 2.75) is 32.8 Å². The van der Waals surface area contributed by atoms with Gasteiger partial charge in [-0.3, -0.25) is 0 Å². The molecule has 1 heterocycles. The molecule has 0 aliphatic heterocycles. The lowest BCUT2D eigenvalue weighted by Gasteiger charge is -2.19. The Hall–Kier alpha value is -1.97. The monoisotopic (exact) mass is 260 g/mol. The lowest BCUT2D eigenvalue weighted by atomic mass is 10.1. The molecule has 0 aliphatic rings. The Morgan fingerprint density at radius 2 is 2.11 bits per heavy atom. The first-order valence-corrected chi connectivity index (χ1v) is 6.47. The van der Waals surface area contributed by atoms with Gasteiger partial charge in [0.15, 0.2) is 0 Å². The third kappa shape index (κ3) is 4.02. The summed E-state index contributed by atoms with van der Waals surface area (Å²) < 4.78 is 5.18. The van der Waals surface area contributed by atoms with Gasteiger partial charge in [0, 0.05) is 18.3 Å². The molecular weight excluding hydrogens is 240 g/mol. The second-order valence-corrected chi connectivity index (χ2v) is 5.58. The summed E-state index contributed by atoms with van der Waals surface area (Å²) in [6.07, 6.45) is 2.35. The first-order chi connectivity index (χ1) is 8.94. The van der Waals surface area contributed by atoms with Crippen molar-refractivity contribution in [3.8, 4) is 0 Å². The number of H-pyrrole nitrogens is 1. The van der Waals surface area contributed by atoms with E-state index in [9.17, 15) is 4.79 Å². The predicted octanol–water partition coefficient (Wildman–Crippen LogP) is 3.24. The third-order valence-corrected chi connectivity index (χ3v) is 2.70. The number of amides is 1. The molecule has 0 aliphatic carbocycles. The van der Waals surface area contributed by atoms with Crippen molar-refractivity contribution < 1.29 is 9.53 Å². The minimum atomic E-state index is -0.450. The molecule has 0 saturated heterocycles. The van der Waals surface area contributed by atoms with Gasteiger partial charge < -0.3 is 15.0 Å². The zero-order valence-corrected chi connectivity index (χ0v) is 11.6. The zero-order valence-electron chi connectivity index (χ0n) is 11.6. The van der Waals surface area contributed by atoms with E-state index in [-0.39, 0.29) is 6.09 Å². The van der Waals surface area contributed by atoms with Crippen LogP contribution >= 0.6 is 0 Å². The average Bonchev–Trinajstić information content (AvgIpc) is 2.73. The van der Waals surface area contributed by atoms with E-state index in [4.69, 9.17) is 4.74 Å². The molecule has 0 atom stereocenters. The molecule has 2 aromatic rings. The molecule has 0 fully saturated rings. The SMILES string of the molecule is CC(C)(C)OC(=O)NCCc1ccc2[nH]ccc2c1. The van der Waals surface area contributed by atoms with E-state index in [1.54, 1.807) is 0 Å². The minimum absolute atomic E-state index is 0.366. The molecule has 1 aromatic carbocycles. The quantitative estimate of drug-likeness (QED) is 0.890. The number of hydrogen-bond donors (Lipinski definition) is 2. The van der Waals surface area contributed by atoms with Crippen molar-refractivity contribution >= 4 is 17.0 Å². The van der Waals surface area contributed by atoms with Gasteiger partial charge >= 0.3 is 6.09 Å². The fraction of sp³-hybridized carbons (Fsp3) is 0.400. The van der Waals surface area contributed by atoms with Crippen LogP contribution in [0.3, 0.4) is 0 Å². The number of ether oxygens (including phenoxy) is 1. The van der Waals surface area contributed by atoms with Crippen LogP contribution in [0.4, 0.5) is 4.79 Å². The van der Waals surface area contributed by atoms with Crippen LogP contribution in [0.15, 0.2) is 30.5 Å². The highest BCUT2D eigenvalue weighted by Gasteiger charge is 2.15. The molecule has 4 nitrogen and oxygen atoms in total. The first kappa shape index (κ1) is 13.5. The zero-order chi connectivity index (χ0) is 13.9. The van der Waals surface area contributed by atoms with Crippen LogP contribution in [0.5, 0.6) is 0 Å². The maximum atomic E-state index is 11.5. The third-order valence-electron chi connectivity index (χ3n) is 2.70. The molecule has 2 rings (SSSR count). The number of benzene rings is 1. The maximum Gasteiger partial charge on any atom is 0.407 e. The summed E-state index contributed by atoms with van der Waals surface area (Å²) in [5.41, 5.74) is 1.88. The molecule has 4 heteroatoms. The van der Waals surface area contributed by atoms with Crippen molar-refractivity contribution in [2.24, 2.45) is 0 Å². The highest BCUT2D eigenvalue weighted by atomic mass is 16.6. The van der Waals surface area contributed by atoms with Crippen molar-refractivity contribution in [1.29, 1.82) is 0 Å². The summed E-state index contributed by atoms with van der Waals surface area (Å²) >= 11 is 0. The number of aromatic amines is 1. The number of fused-ring (bicyclic) bond motifs is 1. The molecule has 0 unspecified atom stereocenters. The lowest BCUT2D eigenvalue weighted by Crippen LogP contribution is -2.33. The smallest absolute Gasteiger partial charge is 0.407 e. The standard InChI is InChI=1S/C15H20N2O2/c1-15(2,3)19-14(18)17-8-6-11-4-5-13-12(10-11)7-9-16-13/h4-5,7,9-10,16H,6,8H2,1-3H3,(H,17,18). The normalized spacial score (nSPS) is 11.5. The van der Waals surface area contributed by atoms with E-state index < -0.39 is 5.60 Å². The molecule has 0 bridgehead atoms. The molecule has 1 amide bonds. The molecule has 0 radical (unpaired) electrons. The summed E-state index contributed by atoms with van der Waals surface area (Å²) in [6, 6.07) is 8.29. The van der Waals surface area contributed by atoms with Crippen LogP contribution in [0.2, 0.25) is 0 Å². The second-order valence-electron chi connectivity index (χ2n) is 5.58. The molecule has 2 N–H and O–H groups in total. The molecule has 102 valence electrons. The second kappa shape index (κ2) is 5.34. The Morgan fingerprint density at radius 3 is 2.84 bits per heavy atom.